The lowest BCUT2D eigenvalue weighted by Gasteiger charge is -2.15. The molecule has 0 spiro atoms. The van der Waals surface area contributed by atoms with Crippen LogP contribution in [0, 0.1) is 6.92 Å². The Hall–Kier alpha value is -3.20. The summed E-state index contributed by atoms with van der Waals surface area (Å²) >= 11 is 0. The zero-order valence-corrected chi connectivity index (χ0v) is 28.7. The van der Waals surface area contributed by atoms with Crippen molar-refractivity contribution < 1.29 is 9.53 Å². The molecule has 0 radical (unpaired) electrons. The van der Waals surface area contributed by atoms with E-state index < -0.39 is 0 Å². The number of nitrogens with zero attached hydrogens (tertiary/aromatic N) is 1. The van der Waals surface area contributed by atoms with Crippen LogP contribution in [0.4, 0.5) is 0 Å². The monoisotopic (exact) mass is 573 g/mol. The Morgan fingerprint density at radius 2 is 1.36 bits per heavy atom. The molecular weight excluding hydrogens is 514 g/mol. The Morgan fingerprint density at radius 3 is 1.88 bits per heavy atom. The van der Waals surface area contributed by atoms with E-state index in [1.165, 1.54) is 28.7 Å². The molecule has 0 aliphatic heterocycles. The molecule has 3 heteroatoms. The number of ether oxygens (including phenoxy) is 1. The first-order valence-electron chi connectivity index (χ1n) is 16.3. The average molecular weight is 574 g/mol. The van der Waals surface area contributed by atoms with Gasteiger partial charge in [-0.2, -0.15) is 0 Å². The molecule has 0 heterocycles. The molecule has 0 aromatic heterocycles. The molecule has 0 fully saturated rings. The van der Waals surface area contributed by atoms with Crippen molar-refractivity contribution in [1.82, 2.24) is 0 Å². The van der Waals surface area contributed by atoms with Gasteiger partial charge >= 0.3 is 0 Å². The number of benzene rings is 3. The maximum absolute atomic E-state index is 12.2. The van der Waals surface area contributed by atoms with Crippen molar-refractivity contribution in [1.29, 1.82) is 0 Å². The van der Waals surface area contributed by atoms with Crippen molar-refractivity contribution in [3.05, 3.63) is 99.6 Å². The number of hydrogen-bond donors (Lipinski definition) is 0. The van der Waals surface area contributed by atoms with E-state index in [1.54, 1.807) is 0 Å². The highest BCUT2D eigenvalue weighted by atomic mass is 16.5. The first-order chi connectivity index (χ1) is 20.4. The third-order valence-electron chi connectivity index (χ3n) is 6.95. The molecule has 0 saturated heterocycles. The van der Waals surface area contributed by atoms with E-state index in [0.29, 0.717) is 6.42 Å². The molecular formula is C39H59NO2. The van der Waals surface area contributed by atoms with Crippen molar-refractivity contribution >= 4 is 11.5 Å². The van der Waals surface area contributed by atoms with Gasteiger partial charge < -0.3 is 4.74 Å². The Bertz CT molecular complexity index is 1180. The fraction of sp³-hybridized carbons (Fsp3) is 0.487. The number of carbonyl (C=O) groups is 1. The summed E-state index contributed by atoms with van der Waals surface area (Å²) in [5.74, 6) is 1.22. The van der Waals surface area contributed by atoms with Crippen LogP contribution in [0.1, 0.15) is 125 Å². The summed E-state index contributed by atoms with van der Waals surface area (Å²) in [7, 11) is 1.83. The molecule has 0 saturated carbocycles. The summed E-state index contributed by atoms with van der Waals surface area (Å²) in [4.78, 5) is 16.7. The van der Waals surface area contributed by atoms with Crippen LogP contribution in [-0.2, 0) is 25.7 Å². The molecule has 3 nitrogen and oxygen atoms in total. The summed E-state index contributed by atoms with van der Waals surface area (Å²) in [6, 6.07) is 21.0. The minimum absolute atomic E-state index is 0.196. The highest BCUT2D eigenvalue weighted by Crippen LogP contribution is 2.22. The van der Waals surface area contributed by atoms with Gasteiger partial charge in [0.15, 0.2) is 5.78 Å². The van der Waals surface area contributed by atoms with Crippen molar-refractivity contribution in [2.45, 2.75) is 114 Å². The number of aliphatic imine (C=N–C) groups is 1. The van der Waals surface area contributed by atoms with Crippen LogP contribution in [-0.4, -0.2) is 25.1 Å². The molecule has 0 amide bonds. The van der Waals surface area contributed by atoms with E-state index in [1.807, 2.05) is 72.9 Å². The Labute approximate surface area is 258 Å². The van der Waals surface area contributed by atoms with Crippen molar-refractivity contribution in [2.75, 3.05) is 13.7 Å². The van der Waals surface area contributed by atoms with E-state index in [9.17, 15) is 4.79 Å². The molecule has 0 bridgehead atoms. The summed E-state index contributed by atoms with van der Waals surface area (Å²) in [5, 5.41) is 0. The second-order valence-corrected chi connectivity index (χ2v) is 9.63. The zero-order chi connectivity index (χ0) is 31.9. The van der Waals surface area contributed by atoms with Gasteiger partial charge in [0, 0.05) is 31.2 Å². The number of hydrogen-bond acceptors (Lipinski definition) is 3. The molecule has 0 unspecified atom stereocenters. The second kappa shape index (κ2) is 23.4. The molecule has 3 aromatic rings. The van der Waals surface area contributed by atoms with Gasteiger partial charge in [-0.3, -0.25) is 9.79 Å². The van der Waals surface area contributed by atoms with Crippen LogP contribution in [0.3, 0.4) is 0 Å². The smallest absolute Gasteiger partial charge is 0.162 e. The third kappa shape index (κ3) is 12.8. The Kier molecular flexibility index (Phi) is 21.6. The van der Waals surface area contributed by atoms with Crippen LogP contribution in [0.15, 0.2) is 65.7 Å². The molecule has 0 aliphatic carbocycles. The van der Waals surface area contributed by atoms with Crippen LogP contribution in [0.5, 0.6) is 5.75 Å². The lowest BCUT2D eigenvalue weighted by atomic mass is 9.90. The van der Waals surface area contributed by atoms with E-state index in [4.69, 9.17) is 4.74 Å². The molecule has 42 heavy (non-hydrogen) atoms. The van der Waals surface area contributed by atoms with E-state index >= 15 is 0 Å². The molecule has 0 atom stereocenters. The summed E-state index contributed by atoms with van der Waals surface area (Å²) in [6.07, 6.45) is 6.78. The van der Waals surface area contributed by atoms with Gasteiger partial charge in [-0.1, -0.05) is 111 Å². The predicted octanol–water partition coefficient (Wildman–Crippen LogP) is 10.9. The van der Waals surface area contributed by atoms with Gasteiger partial charge in [-0.25, -0.2) is 0 Å². The fourth-order valence-electron chi connectivity index (χ4n) is 4.60. The molecule has 232 valence electrons. The lowest BCUT2D eigenvalue weighted by molar-refractivity contribution is 0.0987. The van der Waals surface area contributed by atoms with Crippen molar-refractivity contribution in [2.24, 2.45) is 4.99 Å². The fourth-order valence-corrected chi connectivity index (χ4v) is 4.60. The topological polar surface area (TPSA) is 38.7 Å². The highest BCUT2D eigenvalue weighted by molar-refractivity contribution is 6.06. The number of aryl methyl sites for hydroxylation is 4. The highest BCUT2D eigenvalue weighted by Gasteiger charge is 2.15. The van der Waals surface area contributed by atoms with Crippen LogP contribution >= 0.6 is 0 Å². The van der Waals surface area contributed by atoms with Gasteiger partial charge in [-0.15, -0.1) is 0 Å². The summed E-state index contributed by atoms with van der Waals surface area (Å²) in [6.45, 7) is 21.5. The average Bonchev–Trinajstić information content (AvgIpc) is 3.05. The predicted molar refractivity (Wildman–Crippen MR) is 186 cm³/mol. The van der Waals surface area contributed by atoms with Crippen LogP contribution in [0.2, 0.25) is 0 Å². The first-order valence-corrected chi connectivity index (χ1v) is 16.3. The van der Waals surface area contributed by atoms with E-state index in [0.717, 1.165) is 66.9 Å². The zero-order valence-electron chi connectivity index (χ0n) is 28.7. The number of ketones is 1. The molecule has 0 aliphatic rings. The maximum atomic E-state index is 12.2. The molecule has 3 aromatic carbocycles. The Morgan fingerprint density at radius 1 is 0.738 bits per heavy atom. The number of carbonyl (C=O) groups excluding carboxylic acids is 1. The maximum Gasteiger partial charge on any atom is 0.162 e. The first kappa shape index (κ1) is 38.8. The largest absolute Gasteiger partial charge is 0.494 e. The summed E-state index contributed by atoms with van der Waals surface area (Å²) in [5.41, 5.74) is 9.40. The van der Waals surface area contributed by atoms with Crippen LogP contribution in [0.25, 0.3) is 0 Å². The van der Waals surface area contributed by atoms with Gasteiger partial charge in [-0.05, 0) is 84.2 Å². The van der Waals surface area contributed by atoms with Gasteiger partial charge in [0.25, 0.3) is 0 Å². The van der Waals surface area contributed by atoms with E-state index in [2.05, 4.69) is 69.1 Å². The lowest BCUT2D eigenvalue weighted by Crippen LogP contribution is -2.12. The minimum atomic E-state index is 0.196. The number of Topliss-reactive ketones (excluding diaryl/α,β-unsaturated/α-hetero) is 1. The Balaban J connectivity index is 0.000000766. The van der Waals surface area contributed by atoms with Crippen molar-refractivity contribution in [3.8, 4) is 5.75 Å². The summed E-state index contributed by atoms with van der Waals surface area (Å²) < 4.78 is 5.69. The molecule has 3 rings (SSSR count). The van der Waals surface area contributed by atoms with Gasteiger partial charge in [0.2, 0.25) is 0 Å². The second-order valence-electron chi connectivity index (χ2n) is 9.63. The normalized spacial score (nSPS) is 10.3. The third-order valence-corrected chi connectivity index (χ3v) is 6.95. The van der Waals surface area contributed by atoms with Crippen LogP contribution < -0.4 is 4.74 Å². The SMILES string of the molecule is CC.CC.CCC(=O)c1cc(C(Cc2ccccc2)=NC)c(CC)cc1C.CCCCOc1ccc(CC)c(CC)c1. The minimum Gasteiger partial charge on any atom is -0.494 e. The van der Waals surface area contributed by atoms with Gasteiger partial charge in [0.1, 0.15) is 5.75 Å². The van der Waals surface area contributed by atoms with Gasteiger partial charge in [0.05, 0.1) is 6.61 Å². The number of rotatable bonds is 12. The number of unbranched alkanes of at least 4 members (excludes halogenated alkanes) is 1. The van der Waals surface area contributed by atoms with Crippen molar-refractivity contribution in [3.63, 3.8) is 0 Å². The molecule has 0 N–H and O–H groups in total. The standard InChI is InChI=1S/C21H25NO.C14H22O.2C2H6/c1-5-17-12-15(3)18(21(23)6-2)14-19(17)20(22-4)13-16-10-8-7-9-11-16;1-4-7-10-15-14-9-8-12(5-2)13(6-3)11-14;2*1-2/h7-12,14H,5-6,13H2,1-4H3;8-9,11H,4-7,10H2,1-3H3;2*1-2H3. The quantitative estimate of drug-likeness (QED) is 0.123. The van der Waals surface area contributed by atoms with E-state index in [-0.39, 0.29) is 5.78 Å².